The summed E-state index contributed by atoms with van der Waals surface area (Å²) in [7, 11) is -3.67. The first-order valence-corrected chi connectivity index (χ1v) is 8.76. The Labute approximate surface area is 126 Å². The number of nitrogens with one attached hydrogen (secondary N) is 1. The van der Waals surface area contributed by atoms with Crippen molar-refractivity contribution >= 4 is 15.7 Å². The maximum atomic E-state index is 12.4. The number of nitrogens with two attached hydrogens (primary N) is 1. The van der Waals surface area contributed by atoms with Gasteiger partial charge < -0.3 is 5.73 Å². The van der Waals surface area contributed by atoms with Gasteiger partial charge in [0.05, 0.1) is 10.5 Å². The fraction of sp³-hybridized carbons (Fsp3) is 0.533. The molecule has 2 rings (SSSR count). The normalized spacial score (nSPS) is 22.7. The minimum atomic E-state index is -3.67. The number of rotatable bonds is 4. The van der Waals surface area contributed by atoms with Crippen LogP contribution in [0.3, 0.4) is 0 Å². The van der Waals surface area contributed by atoms with Crippen molar-refractivity contribution in [2.45, 2.75) is 50.0 Å². The molecule has 114 valence electrons. The molecule has 1 aromatic rings. The number of hydrogen-bond donors (Lipinski definition) is 2. The summed E-state index contributed by atoms with van der Waals surface area (Å²) < 4.78 is 27.6. The van der Waals surface area contributed by atoms with E-state index in [4.69, 9.17) is 11.0 Å². The Kier molecular flexibility index (Phi) is 4.86. The molecule has 1 fully saturated rings. The molecule has 0 bridgehead atoms. The average molecular weight is 307 g/mol. The zero-order valence-electron chi connectivity index (χ0n) is 12.2. The molecule has 0 aliphatic heterocycles. The SMILES string of the molecule is CCC1CCC(NS(=O)(=O)c2ccc(N)cc2C#N)CC1. The van der Waals surface area contributed by atoms with Crippen LogP contribution in [0.2, 0.25) is 0 Å². The molecule has 0 amide bonds. The van der Waals surface area contributed by atoms with Crippen molar-refractivity contribution < 1.29 is 8.42 Å². The quantitative estimate of drug-likeness (QED) is 0.835. The molecule has 1 aromatic carbocycles. The number of nitrogens with zero attached hydrogens (tertiary/aromatic N) is 1. The molecule has 0 atom stereocenters. The second-order valence-corrected chi connectivity index (χ2v) is 7.30. The van der Waals surface area contributed by atoms with Crippen molar-refractivity contribution in [1.29, 1.82) is 5.26 Å². The smallest absolute Gasteiger partial charge is 0.242 e. The van der Waals surface area contributed by atoms with E-state index in [9.17, 15) is 8.42 Å². The third-order valence-electron chi connectivity index (χ3n) is 4.16. The maximum Gasteiger partial charge on any atom is 0.242 e. The van der Waals surface area contributed by atoms with E-state index >= 15 is 0 Å². The lowest BCUT2D eigenvalue weighted by Gasteiger charge is -2.28. The van der Waals surface area contributed by atoms with E-state index in [2.05, 4.69) is 11.6 Å². The maximum absolute atomic E-state index is 12.4. The highest BCUT2D eigenvalue weighted by Crippen LogP contribution is 2.28. The summed E-state index contributed by atoms with van der Waals surface area (Å²) in [5, 5.41) is 9.08. The molecule has 0 saturated heterocycles. The Morgan fingerprint density at radius 2 is 2.00 bits per heavy atom. The standard InChI is InChI=1S/C15H21N3O2S/c1-2-11-3-6-14(7-4-11)18-21(19,20)15-8-5-13(17)9-12(15)10-16/h5,8-9,11,14,18H,2-4,6-7,17H2,1H3. The second kappa shape index (κ2) is 6.46. The van der Waals surface area contributed by atoms with E-state index < -0.39 is 10.0 Å². The topological polar surface area (TPSA) is 96.0 Å². The average Bonchev–Trinajstić information content (AvgIpc) is 2.47. The van der Waals surface area contributed by atoms with E-state index in [-0.39, 0.29) is 16.5 Å². The number of anilines is 1. The lowest BCUT2D eigenvalue weighted by Crippen LogP contribution is -2.37. The largest absolute Gasteiger partial charge is 0.399 e. The molecule has 5 nitrogen and oxygen atoms in total. The first kappa shape index (κ1) is 15.8. The first-order valence-electron chi connectivity index (χ1n) is 7.28. The van der Waals surface area contributed by atoms with Gasteiger partial charge in [0.25, 0.3) is 0 Å². The van der Waals surface area contributed by atoms with Gasteiger partial charge in [-0.25, -0.2) is 13.1 Å². The van der Waals surface area contributed by atoms with Gasteiger partial charge in [-0.15, -0.1) is 0 Å². The zero-order chi connectivity index (χ0) is 15.5. The molecule has 0 spiro atoms. The molecule has 0 heterocycles. The molecule has 1 aliphatic carbocycles. The summed E-state index contributed by atoms with van der Waals surface area (Å²) in [6, 6.07) is 6.15. The van der Waals surface area contributed by atoms with Crippen LogP contribution in [0.5, 0.6) is 0 Å². The Morgan fingerprint density at radius 1 is 1.33 bits per heavy atom. The highest BCUT2D eigenvalue weighted by Gasteiger charge is 2.26. The first-order chi connectivity index (χ1) is 9.96. The van der Waals surface area contributed by atoms with Gasteiger partial charge in [-0.2, -0.15) is 5.26 Å². The van der Waals surface area contributed by atoms with Crippen LogP contribution in [-0.2, 0) is 10.0 Å². The highest BCUT2D eigenvalue weighted by atomic mass is 32.2. The van der Waals surface area contributed by atoms with Crippen LogP contribution in [0, 0.1) is 17.2 Å². The van der Waals surface area contributed by atoms with Gasteiger partial charge in [-0.1, -0.05) is 13.3 Å². The van der Waals surface area contributed by atoms with E-state index in [0.29, 0.717) is 11.6 Å². The molecule has 0 aromatic heterocycles. The summed E-state index contributed by atoms with van der Waals surface area (Å²) in [5.41, 5.74) is 6.07. The Morgan fingerprint density at radius 3 is 2.57 bits per heavy atom. The van der Waals surface area contributed by atoms with Crippen LogP contribution in [0.1, 0.15) is 44.6 Å². The van der Waals surface area contributed by atoms with Crippen molar-refractivity contribution in [2.24, 2.45) is 5.92 Å². The summed E-state index contributed by atoms with van der Waals surface area (Å²) in [6.45, 7) is 2.17. The van der Waals surface area contributed by atoms with Crippen LogP contribution in [0.4, 0.5) is 5.69 Å². The van der Waals surface area contributed by atoms with Crippen LogP contribution >= 0.6 is 0 Å². The van der Waals surface area contributed by atoms with E-state index in [0.717, 1.165) is 32.1 Å². The molecule has 0 unspecified atom stereocenters. The van der Waals surface area contributed by atoms with Crippen molar-refractivity contribution in [3.63, 3.8) is 0 Å². The van der Waals surface area contributed by atoms with Crippen molar-refractivity contribution in [2.75, 3.05) is 5.73 Å². The lowest BCUT2D eigenvalue weighted by molar-refractivity contribution is 0.306. The van der Waals surface area contributed by atoms with Gasteiger partial charge in [0.2, 0.25) is 10.0 Å². The zero-order valence-corrected chi connectivity index (χ0v) is 13.0. The minimum Gasteiger partial charge on any atom is -0.399 e. The van der Waals surface area contributed by atoms with Crippen LogP contribution in [0.15, 0.2) is 23.1 Å². The third kappa shape index (κ3) is 3.74. The van der Waals surface area contributed by atoms with Gasteiger partial charge in [-0.05, 0) is 49.8 Å². The Hall–Kier alpha value is -1.58. The van der Waals surface area contributed by atoms with Crippen LogP contribution in [0.25, 0.3) is 0 Å². The molecule has 6 heteroatoms. The minimum absolute atomic E-state index is 0.0109. The summed E-state index contributed by atoms with van der Waals surface area (Å²) in [6.07, 6.45) is 4.96. The summed E-state index contributed by atoms with van der Waals surface area (Å²) in [5.74, 6) is 0.706. The Bertz CT molecular complexity index is 641. The predicted molar refractivity (Wildman–Crippen MR) is 81.9 cm³/mol. The molecular formula is C15H21N3O2S. The lowest BCUT2D eigenvalue weighted by atomic mass is 9.85. The molecule has 1 saturated carbocycles. The van der Waals surface area contributed by atoms with Gasteiger partial charge in [0.15, 0.2) is 0 Å². The number of benzene rings is 1. The number of nitrogen functional groups attached to an aromatic ring is 1. The van der Waals surface area contributed by atoms with Crippen molar-refractivity contribution in [1.82, 2.24) is 4.72 Å². The molecule has 21 heavy (non-hydrogen) atoms. The second-order valence-electron chi connectivity index (χ2n) is 5.61. The van der Waals surface area contributed by atoms with Crippen molar-refractivity contribution in [3.05, 3.63) is 23.8 Å². The molecule has 1 aliphatic rings. The van der Waals surface area contributed by atoms with Gasteiger partial charge in [0, 0.05) is 11.7 Å². The summed E-state index contributed by atoms with van der Waals surface area (Å²) in [4.78, 5) is 0.0109. The van der Waals surface area contributed by atoms with E-state index in [1.807, 2.05) is 6.07 Å². The van der Waals surface area contributed by atoms with E-state index in [1.165, 1.54) is 18.2 Å². The van der Waals surface area contributed by atoms with Gasteiger partial charge in [-0.3, -0.25) is 0 Å². The summed E-state index contributed by atoms with van der Waals surface area (Å²) >= 11 is 0. The van der Waals surface area contributed by atoms with Crippen molar-refractivity contribution in [3.8, 4) is 6.07 Å². The Balaban J connectivity index is 2.15. The third-order valence-corrected chi connectivity index (χ3v) is 5.74. The number of nitriles is 1. The van der Waals surface area contributed by atoms with Gasteiger partial charge in [0.1, 0.15) is 6.07 Å². The highest BCUT2D eigenvalue weighted by molar-refractivity contribution is 7.89. The fourth-order valence-corrected chi connectivity index (χ4v) is 4.28. The van der Waals surface area contributed by atoms with Gasteiger partial charge >= 0.3 is 0 Å². The predicted octanol–water partition coefficient (Wildman–Crippen LogP) is 2.39. The molecule has 3 N–H and O–H groups in total. The van der Waals surface area contributed by atoms with Crippen LogP contribution in [-0.4, -0.2) is 14.5 Å². The van der Waals surface area contributed by atoms with E-state index in [1.54, 1.807) is 0 Å². The molecular weight excluding hydrogens is 286 g/mol. The number of hydrogen-bond acceptors (Lipinski definition) is 4. The fourth-order valence-electron chi connectivity index (χ4n) is 2.84. The monoisotopic (exact) mass is 307 g/mol. The number of sulfonamides is 1. The van der Waals surface area contributed by atoms with Crippen LogP contribution < -0.4 is 10.5 Å². The molecule has 0 radical (unpaired) electrons.